The average Bonchev–Trinajstić information content (AvgIpc) is 2.52. The minimum atomic E-state index is -0.136. The lowest BCUT2D eigenvalue weighted by Gasteiger charge is -2.37. The van der Waals surface area contributed by atoms with Gasteiger partial charge in [-0.25, -0.2) is 0 Å². The highest BCUT2D eigenvalue weighted by Gasteiger charge is 2.35. The van der Waals surface area contributed by atoms with Crippen molar-refractivity contribution in [2.24, 2.45) is 0 Å². The molecule has 0 saturated carbocycles. The number of methoxy groups -OCH3 is 1. The van der Waals surface area contributed by atoms with Gasteiger partial charge < -0.3 is 9.64 Å². The smallest absolute Gasteiger partial charge is 0.227 e. The van der Waals surface area contributed by atoms with Crippen LogP contribution in [0.2, 0.25) is 0 Å². The standard InChI is InChI=1S/C20H23NO2/c1-13-10-16-17(21(4)19(22)12-20(16,2)3)11-15(13)14-8-6-7-9-18(14)23-5/h6-11H,12H2,1-5H3. The summed E-state index contributed by atoms with van der Waals surface area (Å²) in [5.74, 6) is 1.01. The Labute approximate surface area is 137 Å². The van der Waals surface area contributed by atoms with E-state index in [1.165, 1.54) is 11.1 Å². The lowest BCUT2D eigenvalue weighted by Crippen LogP contribution is -2.39. The number of amides is 1. The molecule has 120 valence electrons. The third kappa shape index (κ3) is 2.50. The van der Waals surface area contributed by atoms with E-state index in [2.05, 4.69) is 39.0 Å². The molecule has 3 heteroatoms. The first-order chi connectivity index (χ1) is 10.8. The summed E-state index contributed by atoms with van der Waals surface area (Å²) in [6.45, 7) is 6.40. The van der Waals surface area contributed by atoms with Gasteiger partial charge in [0.25, 0.3) is 0 Å². The largest absolute Gasteiger partial charge is 0.496 e. The lowest BCUT2D eigenvalue weighted by atomic mass is 9.76. The van der Waals surface area contributed by atoms with E-state index in [1.807, 2.05) is 25.2 Å². The van der Waals surface area contributed by atoms with Gasteiger partial charge in [-0.05, 0) is 35.7 Å². The summed E-state index contributed by atoms with van der Waals surface area (Å²) in [6, 6.07) is 12.3. The summed E-state index contributed by atoms with van der Waals surface area (Å²) in [5.41, 5.74) is 5.46. The molecule has 0 aliphatic carbocycles. The number of nitrogens with zero attached hydrogens (tertiary/aromatic N) is 1. The van der Waals surface area contributed by atoms with E-state index in [4.69, 9.17) is 4.74 Å². The second-order valence-corrected chi connectivity index (χ2v) is 6.90. The molecule has 2 aromatic rings. The molecule has 0 aromatic heterocycles. The maximum atomic E-state index is 12.3. The minimum absolute atomic E-state index is 0.136. The van der Waals surface area contributed by atoms with Crippen LogP contribution in [0.25, 0.3) is 11.1 Å². The second-order valence-electron chi connectivity index (χ2n) is 6.90. The highest BCUT2D eigenvalue weighted by Crippen LogP contribution is 2.44. The van der Waals surface area contributed by atoms with Gasteiger partial charge in [-0.15, -0.1) is 0 Å². The van der Waals surface area contributed by atoms with Gasteiger partial charge in [-0.3, -0.25) is 4.79 Å². The molecule has 0 saturated heterocycles. The third-order valence-electron chi connectivity index (χ3n) is 4.80. The number of carbonyl (C=O) groups excluding carboxylic acids is 1. The van der Waals surface area contributed by atoms with Gasteiger partial charge in [0.2, 0.25) is 5.91 Å². The van der Waals surface area contributed by atoms with Crippen molar-refractivity contribution < 1.29 is 9.53 Å². The van der Waals surface area contributed by atoms with Crippen LogP contribution in [0.5, 0.6) is 5.75 Å². The summed E-state index contributed by atoms with van der Waals surface area (Å²) in [4.78, 5) is 14.1. The highest BCUT2D eigenvalue weighted by atomic mass is 16.5. The Morgan fingerprint density at radius 1 is 1.13 bits per heavy atom. The lowest BCUT2D eigenvalue weighted by molar-refractivity contribution is -0.119. The molecule has 3 nitrogen and oxygen atoms in total. The van der Waals surface area contributed by atoms with Crippen molar-refractivity contribution in [3.8, 4) is 16.9 Å². The van der Waals surface area contributed by atoms with Crippen LogP contribution in [0.3, 0.4) is 0 Å². The monoisotopic (exact) mass is 309 g/mol. The quantitative estimate of drug-likeness (QED) is 0.827. The molecular weight excluding hydrogens is 286 g/mol. The van der Waals surface area contributed by atoms with Crippen LogP contribution < -0.4 is 9.64 Å². The molecule has 0 spiro atoms. The normalized spacial score (nSPS) is 16.2. The highest BCUT2D eigenvalue weighted by molar-refractivity contribution is 5.98. The van der Waals surface area contributed by atoms with E-state index in [-0.39, 0.29) is 11.3 Å². The van der Waals surface area contributed by atoms with Crippen LogP contribution >= 0.6 is 0 Å². The van der Waals surface area contributed by atoms with Crippen molar-refractivity contribution in [3.63, 3.8) is 0 Å². The van der Waals surface area contributed by atoms with Gasteiger partial charge in [0.05, 0.1) is 7.11 Å². The second kappa shape index (κ2) is 5.41. The minimum Gasteiger partial charge on any atom is -0.496 e. The number of anilines is 1. The zero-order valence-electron chi connectivity index (χ0n) is 14.4. The number of ether oxygens (including phenoxy) is 1. The zero-order chi connectivity index (χ0) is 16.8. The SMILES string of the molecule is COc1ccccc1-c1cc2c(cc1C)C(C)(C)CC(=O)N2C. The molecule has 23 heavy (non-hydrogen) atoms. The maximum Gasteiger partial charge on any atom is 0.227 e. The van der Waals surface area contributed by atoms with Gasteiger partial charge in [0, 0.05) is 30.1 Å². The van der Waals surface area contributed by atoms with Crippen LogP contribution in [0, 0.1) is 6.92 Å². The zero-order valence-corrected chi connectivity index (χ0v) is 14.4. The van der Waals surface area contributed by atoms with Gasteiger partial charge in [0.1, 0.15) is 5.75 Å². The molecular formula is C20H23NO2. The van der Waals surface area contributed by atoms with Crippen molar-refractivity contribution in [2.75, 3.05) is 19.1 Å². The Morgan fingerprint density at radius 2 is 1.83 bits per heavy atom. The fourth-order valence-electron chi connectivity index (χ4n) is 3.40. The molecule has 1 aliphatic rings. The van der Waals surface area contributed by atoms with Crippen molar-refractivity contribution in [1.82, 2.24) is 0 Å². The van der Waals surface area contributed by atoms with Crippen molar-refractivity contribution >= 4 is 11.6 Å². The van der Waals surface area contributed by atoms with E-state index >= 15 is 0 Å². The van der Waals surface area contributed by atoms with Crippen LogP contribution in [0.4, 0.5) is 5.69 Å². The van der Waals surface area contributed by atoms with Crippen LogP contribution in [0.15, 0.2) is 36.4 Å². The molecule has 0 radical (unpaired) electrons. The number of carbonyl (C=O) groups is 1. The Bertz CT molecular complexity index is 777. The number of benzene rings is 2. The third-order valence-corrected chi connectivity index (χ3v) is 4.80. The number of hydrogen-bond donors (Lipinski definition) is 0. The van der Waals surface area contributed by atoms with Crippen LogP contribution in [-0.2, 0) is 10.2 Å². The number of fused-ring (bicyclic) bond motifs is 1. The van der Waals surface area contributed by atoms with Crippen molar-refractivity contribution in [2.45, 2.75) is 32.6 Å². The summed E-state index contributed by atoms with van der Waals surface area (Å²) < 4.78 is 5.51. The molecule has 0 N–H and O–H groups in total. The summed E-state index contributed by atoms with van der Waals surface area (Å²) >= 11 is 0. The molecule has 1 aliphatic heterocycles. The molecule has 0 fully saturated rings. The molecule has 0 atom stereocenters. The van der Waals surface area contributed by atoms with Crippen molar-refractivity contribution in [1.29, 1.82) is 0 Å². The number of aryl methyl sites for hydroxylation is 1. The summed E-state index contributed by atoms with van der Waals surface area (Å²) in [5, 5.41) is 0. The van der Waals surface area contributed by atoms with Gasteiger partial charge in [0.15, 0.2) is 0 Å². The van der Waals surface area contributed by atoms with E-state index in [0.717, 1.165) is 22.6 Å². The fraction of sp³-hybridized carbons (Fsp3) is 0.350. The molecule has 0 unspecified atom stereocenters. The average molecular weight is 309 g/mol. The molecule has 1 heterocycles. The van der Waals surface area contributed by atoms with E-state index < -0.39 is 0 Å². The topological polar surface area (TPSA) is 29.5 Å². The van der Waals surface area contributed by atoms with Crippen LogP contribution in [0.1, 0.15) is 31.4 Å². The van der Waals surface area contributed by atoms with Gasteiger partial charge >= 0.3 is 0 Å². The van der Waals surface area contributed by atoms with Gasteiger partial charge in [-0.2, -0.15) is 0 Å². The number of para-hydroxylation sites is 1. The number of hydrogen-bond acceptors (Lipinski definition) is 2. The first-order valence-corrected chi connectivity index (χ1v) is 7.90. The Hall–Kier alpha value is -2.29. The molecule has 0 bridgehead atoms. The molecule has 2 aromatic carbocycles. The molecule has 1 amide bonds. The number of rotatable bonds is 2. The Morgan fingerprint density at radius 3 is 2.52 bits per heavy atom. The first kappa shape index (κ1) is 15.6. The van der Waals surface area contributed by atoms with E-state index in [9.17, 15) is 4.79 Å². The summed E-state index contributed by atoms with van der Waals surface area (Å²) in [7, 11) is 3.54. The predicted octanol–water partition coefficient (Wildman–Crippen LogP) is 4.31. The van der Waals surface area contributed by atoms with Crippen molar-refractivity contribution in [3.05, 3.63) is 47.5 Å². The predicted molar refractivity (Wildman–Crippen MR) is 94.2 cm³/mol. The van der Waals surface area contributed by atoms with Gasteiger partial charge in [-0.1, -0.05) is 38.1 Å². The first-order valence-electron chi connectivity index (χ1n) is 7.90. The maximum absolute atomic E-state index is 12.3. The van der Waals surface area contributed by atoms with E-state index in [1.54, 1.807) is 12.0 Å². The molecule has 3 rings (SSSR count). The Balaban J connectivity index is 2.25. The van der Waals surface area contributed by atoms with Crippen LogP contribution in [-0.4, -0.2) is 20.1 Å². The fourth-order valence-corrected chi connectivity index (χ4v) is 3.40. The Kier molecular flexibility index (Phi) is 3.67. The van der Waals surface area contributed by atoms with E-state index in [0.29, 0.717) is 6.42 Å². The summed E-state index contributed by atoms with van der Waals surface area (Å²) in [6.07, 6.45) is 0.546.